The minimum absolute atomic E-state index is 0.0407. The van der Waals surface area contributed by atoms with E-state index in [2.05, 4.69) is 29.3 Å². The van der Waals surface area contributed by atoms with Gasteiger partial charge in [-0.3, -0.25) is 9.69 Å². The first-order chi connectivity index (χ1) is 8.54. The van der Waals surface area contributed by atoms with E-state index in [4.69, 9.17) is 0 Å². The van der Waals surface area contributed by atoms with Crippen LogP contribution >= 0.6 is 11.3 Å². The Morgan fingerprint density at radius 1 is 1.50 bits per heavy atom. The number of thiazole rings is 1. The van der Waals surface area contributed by atoms with Gasteiger partial charge in [-0.25, -0.2) is 4.98 Å². The highest BCUT2D eigenvalue weighted by Crippen LogP contribution is 2.20. The van der Waals surface area contributed by atoms with Gasteiger partial charge in [0.2, 0.25) is 5.91 Å². The molecule has 0 aliphatic carbocycles. The second-order valence-corrected chi connectivity index (χ2v) is 5.20. The maximum Gasteiger partial charge on any atom is 0.225 e. The third-order valence-electron chi connectivity index (χ3n) is 2.51. The summed E-state index contributed by atoms with van der Waals surface area (Å²) in [5.74, 6) is 0.0407. The molecule has 5 nitrogen and oxygen atoms in total. The molecule has 0 unspecified atom stereocenters. The molecule has 0 bridgehead atoms. The lowest BCUT2D eigenvalue weighted by molar-refractivity contribution is -0.116. The Balaban J connectivity index is 2.45. The van der Waals surface area contributed by atoms with Gasteiger partial charge in [-0.15, -0.1) is 11.3 Å². The van der Waals surface area contributed by atoms with Gasteiger partial charge in [-0.1, -0.05) is 0 Å². The van der Waals surface area contributed by atoms with E-state index >= 15 is 0 Å². The SMILES string of the molecule is CCN(C(C)=O)c1nc(CNCCN(C)C)cs1. The van der Waals surface area contributed by atoms with Crippen molar-refractivity contribution >= 4 is 22.4 Å². The Kier molecular flexibility index (Phi) is 6.24. The molecule has 0 aliphatic rings. The van der Waals surface area contributed by atoms with Crippen LogP contribution in [0.15, 0.2) is 5.38 Å². The monoisotopic (exact) mass is 270 g/mol. The molecule has 1 aromatic heterocycles. The first-order valence-corrected chi connectivity index (χ1v) is 7.00. The fourth-order valence-electron chi connectivity index (χ4n) is 1.51. The summed E-state index contributed by atoms with van der Waals surface area (Å²) in [6, 6.07) is 0. The zero-order valence-corrected chi connectivity index (χ0v) is 12.4. The molecule has 0 radical (unpaired) electrons. The van der Waals surface area contributed by atoms with Gasteiger partial charge in [0.15, 0.2) is 5.13 Å². The summed E-state index contributed by atoms with van der Waals surface area (Å²) >= 11 is 1.52. The molecule has 1 heterocycles. The summed E-state index contributed by atoms with van der Waals surface area (Å²) in [7, 11) is 4.10. The fourth-order valence-corrected chi connectivity index (χ4v) is 2.45. The average molecular weight is 270 g/mol. The molecule has 0 aliphatic heterocycles. The first-order valence-electron chi connectivity index (χ1n) is 6.12. The topological polar surface area (TPSA) is 48.5 Å². The molecule has 1 amide bonds. The molecule has 1 N–H and O–H groups in total. The maximum absolute atomic E-state index is 11.4. The highest BCUT2D eigenvalue weighted by atomic mass is 32.1. The molecule has 0 aromatic carbocycles. The number of hydrogen-bond donors (Lipinski definition) is 1. The first kappa shape index (κ1) is 15.1. The summed E-state index contributed by atoms with van der Waals surface area (Å²) in [5, 5.41) is 6.12. The third kappa shape index (κ3) is 4.72. The summed E-state index contributed by atoms with van der Waals surface area (Å²) in [6.45, 7) is 6.88. The lowest BCUT2D eigenvalue weighted by atomic mass is 10.4. The Hall–Kier alpha value is -0.980. The van der Waals surface area contributed by atoms with E-state index in [-0.39, 0.29) is 5.91 Å². The van der Waals surface area contributed by atoms with Crippen LogP contribution in [-0.4, -0.2) is 49.5 Å². The van der Waals surface area contributed by atoms with Gasteiger partial charge in [0.25, 0.3) is 0 Å². The molecule has 1 aromatic rings. The molecular formula is C12H22N4OS. The van der Waals surface area contributed by atoms with Crippen molar-refractivity contribution in [2.75, 3.05) is 38.6 Å². The predicted molar refractivity (Wildman–Crippen MR) is 76.1 cm³/mol. The zero-order valence-electron chi connectivity index (χ0n) is 11.6. The highest BCUT2D eigenvalue weighted by molar-refractivity contribution is 7.14. The number of aromatic nitrogens is 1. The van der Waals surface area contributed by atoms with E-state index in [0.29, 0.717) is 6.54 Å². The van der Waals surface area contributed by atoms with E-state index < -0.39 is 0 Å². The van der Waals surface area contributed by atoms with E-state index in [1.54, 1.807) is 11.8 Å². The number of nitrogens with one attached hydrogen (secondary N) is 1. The minimum Gasteiger partial charge on any atom is -0.310 e. The van der Waals surface area contributed by atoms with E-state index in [1.165, 1.54) is 11.3 Å². The van der Waals surface area contributed by atoms with E-state index in [0.717, 1.165) is 30.5 Å². The van der Waals surface area contributed by atoms with Crippen LogP contribution in [0.5, 0.6) is 0 Å². The molecule has 0 saturated heterocycles. The Bertz CT molecular complexity index is 378. The molecule has 102 valence electrons. The molecule has 0 spiro atoms. The van der Waals surface area contributed by atoms with E-state index in [1.807, 2.05) is 12.3 Å². The minimum atomic E-state index is 0.0407. The van der Waals surface area contributed by atoms with Gasteiger partial charge in [0, 0.05) is 38.5 Å². The molecule has 1 rings (SSSR count). The number of amides is 1. The third-order valence-corrected chi connectivity index (χ3v) is 3.42. The lowest BCUT2D eigenvalue weighted by Gasteiger charge is -2.14. The van der Waals surface area contributed by atoms with Crippen molar-refractivity contribution in [3.05, 3.63) is 11.1 Å². The standard InChI is InChI=1S/C12H22N4OS/c1-5-16(10(2)17)12-14-11(9-18-12)8-13-6-7-15(3)4/h9,13H,5-8H2,1-4H3. The number of rotatable bonds is 7. The van der Waals surface area contributed by atoms with Crippen LogP contribution in [0, 0.1) is 0 Å². The zero-order chi connectivity index (χ0) is 13.5. The predicted octanol–water partition coefficient (Wildman–Crippen LogP) is 1.17. The molecule has 0 fully saturated rings. The van der Waals surface area contributed by atoms with Gasteiger partial charge in [-0.05, 0) is 21.0 Å². The maximum atomic E-state index is 11.4. The Labute approximate surface area is 113 Å². The number of anilines is 1. The lowest BCUT2D eigenvalue weighted by Crippen LogP contribution is -2.28. The molecule has 0 atom stereocenters. The van der Waals surface area contributed by atoms with E-state index in [9.17, 15) is 4.79 Å². The van der Waals surface area contributed by atoms with Gasteiger partial charge in [-0.2, -0.15) is 0 Å². The average Bonchev–Trinajstić information content (AvgIpc) is 2.73. The number of carbonyl (C=O) groups is 1. The molecule has 18 heavy (non-hydrogen) atoms. The van der Waals surface area contributed by atoms with Crippen molar-refractivity contribution in [2.45, 2.75) is 20.4 Å². The van der Waals surface area contributed by atoms with Crippen molar-refractivity contribution < 1.29 is 4.79 Å². The second-order valence-electron chi connectivity index (χ2n) is 4.36. The van der Waals surface area contributed by atoms with Crippen LogP contribution in [0.1, 0.15) is 19.5 Å². The summed E-state index contributed by atoms with van der Waals surface area (Å²) in [4.78, 5) is 19.7. The number of carbonyl (C=O) groups excluding carboxylic acids is 1. The highest BCUT2D eigenvalue weighted by Gasteiger charge is 2.12. The van der Waals surface area contributed by atoms with Crippen molar-refractivity contribution in [1.29, 1.82) is 0 Å². The van der Waals surface area contributed by atoms with Crippen LogP contribution in [0.3, 0.4) is 0 Å². The smallest absolute Gasteiger partial charge is 0.225 e. The molecular weight excluding hydrogens is 248 g/mol. The van der Waals surface area contributed by atoms with Gasteiger partial charge >= 0.3 is 0 Å². The van der Waals surface area contributed by atoms with Crippen molar-refractivity contribution in [2.24, 2.45) is 0 Å². The summed E-state index contributed by atoms with van der Waals surface area (Å²) in [5.41, 5.74) is 0.994. The van der Waals surface area contributed by atoms with Crippen LogP contribution in [-0.2, 0) is 11.3 Å². The quantitative estimate of drug-likeness (QED) is 0.756. The van der Waals surface area contributed by atoms with Crippen LogP contribution in [0.4, 0.5) is 5.13 Å². The number of nitrogens with zero attached hydrogens (tertiary/aromatic N) is 3. The summed E-state index contributed by atoms with van der Waals surface area (Å²) < 4.78 is 0. The normalized spacial score (nSPS) is 10.9. The Morgan fingerprint density at radius 2 is 2.22 bits per heavy atom. The van der Waals surface area contributed by atoms with Crippen molar-refractivity contribution in [3.63, 3.8) is 0 Å². The number of likely N-dealkylation sites (N-methyl/N-ethyl adjacent to an activating group) is 1. The molecule has 6 heteroatoms. The molecule has 0 saturated carbocycles. The second kappa shape index (κ2) is 7.45. The van der Waals surface area contributed by atoms with Crippen LogP contribution in [0.25, 0.3) is 0 Å². The largest absolute Gasteiger partial charge is 0.310 e. The van der Waals surface area contributed by atoms with Gasteiger partial charge in [0.05, 0.1) is 5.69 Å². The van der Waals surface area contributed by atoms with Crippen molar-refractivity contribution in [1.82, 2.24) is 15.2 Å². The van der Waals surface area contributed by atoms with Crippen molar-refractivity contribution in [3.8, 4) is 0 Å². The number of hydrogen-bond acceptors (Lipinski definition) is 5. The summed E-state index contributed by atoms with van der Waals surface area (Å²) in [6.07, 6.45) is 0. The van der Waals surface area contributed by atoms with Crippen LogP contribution in [0.2, 0.25) is 0 Å². The van der Waals surface area contributed by atoms with Gasteiger partial charge < -0.3 is 10.2 Å². The fraction of sp³-hybridized carbons (Fsp3) is 0.667. The van der Waals surface area contributed by atoms with Gasteiger partial charge in [0.1, 0.15) is 0 Å². The Morgan fingerprint density at radius 3 is 2.78 bits per heavy atom. The van der Waals surface area contributed by atoms with Crippen LogP contribution < -0.4 is 10.2 Å².